The SMILES string of the molecule is CC(C)(C)[Si](C)(C)OCCOc1cc(Br)cc(Br)c1. The Morgan fingerprint density at radius 1 is 1.00 bits per heavy atom. The van der Waals surface area contributed by atoms with Gasteiger partial charge in [0.25, 0.3) is 0 Å². The topological polar surface area (TPSA) is 18.5 Å². The fourth-order valence-electron chi connectivity index (χ4n) is 1.28. The van der Waals surface area contributed by atoms with Gasteiger partial charge in [0.2, 0.25) is 0 Å². The Hall–Kier alpha value is 0.157. The maximum absolute atomic E-state index is 6.07. The molecule has 0 aliphatic rings. The van der Waals surface area contributed by atoms with Gasteiger partial charge in [-0.2, -0.15) is 0 Å². The van der Waals surface area contributed by atoms with Gasteiger partial charge >= 0.3 is 0 Å². The molecule has 0 heterocycles. The van der Waals surface area contributed by atoms with Crippen molar-refractivity contribution in [3.63, 3.8) is 0 Å². The van der Waals surface area contributed by atoms with Gasteiger partial charge < -0.3 is 9.16 Å². The lowest BCUT2D eigenvalue weighted by Crippen LogP contribution is -2.41. The van der Waals surface area contributed by atoms with Crippen molar-refractivity contribution in [2.75, 3.05) is 13.2 Å². The zero-order chi connectivity index (χ0) is 14.7. The lowest BCUT2D eigenvalue weighted by atomic mass is 10.2. The van der Waals surface area contributed by atoms with Gasteiger partial charge in [0, 0.05) is 8.95 Å². The molecule has 0 N–H and O–H groups in total. The number of benzene rings is 1. The first-order valence-corrected chi connectivity index (χ1v) is 10.8. The number of hydrogen-bond donors (Lipinski definition) is 0. The Morgan fingerprint density at radius 2 is 1.53 bits per heavy atom. The molecule has 0 atom stereocenters. The van der Waals surface area contributed by atoms with E-state index in [1.165, 1.54) is 0 Å². The molecule has 0 saturated heterocycles. The number of rotatable bonds is 5. The normalized spacial score (nSPS) is 12.6. The van der Waals surface area contributed by atoms with Crippen LogP contribution in [0, 0.1) is 0 Å². The molecule has 0 bridgehead atoms. The third-order valence-corrected chi connectivity index (χ3v) is 8.91. The van der Waals surface area contributed by atoms with Crippen molar-refractivity contribution in [1.29, 1.82) is 0 Å². The molecule has 0 saturated carbocycles. The summed E-state index contributed by atoms with van der Waals surface area (Å²) in [6.45, 7) is 12.4. The van der Waals surface area contributed by atoms with Crippen LogP contribution in [0.15, 0.2) is 27.1 Å². The molecule has 0 aromatic heterocycles. The minimum absolute atomic E-state index is 0.242. The summed E-state index contributed by atoms with van der Waals surface area (Å²) in [5, 5.41) is 0.242. The molecule has 0 spiro atoms. The quantitative estimate of drug-likeness (QED) is 0.464. The van der Waals surface area contributed by atoms with E-state index in [0.717, 1.165) is 14.7 Å². The molecular weight excluding hydrogens is 388 g/mol. The van der Waals surface area contributed by atoms with Gasteiger partial charge in [-0.05, 0) is 36.3 Å². The van der Waals surface area contributed by atoms with Crippen molar-refractivity contribution in [2.45, 2.75) is 38.9 Å². The van der Waals surface area contributed by atoms with Gasteiger partial charge in [0.05, 0.1) is 6.61 Å². The zero-order valence-corrected chi connectivity index (χ0v) is 16.4. The molecule has 0 unspecified atom stereocenters. The highest BCUT2D eigenvalue weighted by Crippen LogP contribution is 2.36. The summed E-state index contributed by atoms with van der Waals surface area (Å²) in [6, 6.07) is 5.90. The van der Waals surface area contributed by atoms with Gasteiger partial charge in [-0.1, -0.05) is 52.6 Å². The molecule has 1 aromatic carbocycles. The Morgan fingerprint density at radius 3 is 2.00 bits per heavy atom. The molecular formula is C14H22Br2O2Si. The van der Waals surface area contributed by atoms with Crippen LogP contribution in [0.25, 0.3) is 0 Å². The molecule has 0 radical (unpaired) electrons. The van der Waals surface area contributed by atoms with Crippen LogP contribution in [0.4, 0.5) is 0 Å². The van der Waals surface area contributed by atoms with Crippen molar-refractivity contribution in [1.82, 2.24) is 0 Å². The smallest absolute Gasteiger partial charge is 0.192 e. The maximum Gasteiger partial charge on any atom is 0.192 e. The van der Waals surface area contributed by atoms with E-state index in [4.69, 9.17) is 9.16 Å². The molecule has 0 fully saturated rings. The van der Waals surface area contributed by atoms with Crippen LogP contribution in [0.2, 0.25) is 18.1 Å². The van der Waals surface area contributed by atoms with Gasteiger partial charge in [-0.25, -0.2) is 0 Å². The highest BCUT2D eigenvalue weighted by Gasteiger charge is 2.36. The second-order valence-corrected chi connectivity index (χ2v) is 12.7. The van der Waals surface area contributed by atoms with Crippen LogP contribution in [-0.4, -0.2) is 21.5 Å². The van der Waals surface area contributed by atoms with E-state index in [1.54, 1.807) is 0 Å². The van der Waals surface area contributed by atoms with Gasteiger partial charge in [-0.3, -0.25) is 0 Å². The van der Waals surface area contributed by atoms with Gasteiger partial charge in [0.1, 0.15) is 12.4 Å². The first-order chi connectivity index (χ1) is 8.62. The lowest BCUT2D eigenvalue weighted by Gasteiger charge is -2.36. The highest BCUT2D eigenvalue weighted by molar-refractivity contribution is 9.11. The third kappa shape index (κ3) is 5.58. The van der Waals surface area contributed by atoms with E-state index < -0.39 is 8.32 Å². The molecule has 0 aliphatic carbocycles. The summed E-state index contributed by atoms with van der Waals surface area (Å²) in [5.41, 5.74) is 0. The molecule has 19 heavy (non-hydrogen) atoms. The minimum Gasteiger partial charge on any atom is -0.491 e. The summed E-state index contributed by atoms with van der Waals surface area (Å²) in [6.07, 6.45) is 0. The monoisotopic (exact) mass is 408 g/mol. The van der Waals surface area contributed by atoms with Crippen LogP contribution in [-0.2, 0) is 4.43 Å². The largest absolute Gasteiger partial charge is 0.491 e. The molecule has 5 heteroatoms. The molecule has 108 valence electrons. The van der Waals surface area contributed by atoms with E-state index in [2.05, 4.69) is 65.7 Å². The average Bonchev–Trinajstić information content (AvgIpc) is 2.21. The van der Waals surface area contributed by atoms with Crippen molar-refractivity contribution < 1.29 is 9.16 Å². The van der Waals surface area contributed by atoms with Gasteiger partial charge in [0.15, 0.2) is 8.32 Å². The van der Waals surface area contributed by atoms with Gasteiger partial charge in [-0.15, -0.1) is 0 Å². The number of hydrogen-bond acceptors (Lipinski definition) is 2. The molecule has 0 aliphatic heterocycles. The van der Waals surface area contributed by atoms with Crippen molar-refractivity contribution in [3.8, 4) is 5.75 Å². The zero-order valence-electron chi connectivity index (χ0n) is 12.2. The van der Waals surface area contributed by atoms with Crippen LogP contribution < -0.4 is 4.74 Å². The maximum atomic E-state index is 6.07. The first-order valence-electron chi connectivity index (χ1n) is 6.35. The van der Waals surface area contributed by atoms with Crippen LogP contribution >= 0.6 is 31.9 Å². The summed E-state index contributed by atoms with van der Waals surface area (Å²) >= 11 is 6.89. The second kappa shape index (κ2) is 6.74. The molecule has 1 aromatic rings. The molecule has 1 rings (SSSR count). The number of ether oxygens (including phenoxy) is 1. The Kier molecular flexibility index (Phi) is 6.11. The standard InChI is InChI=1S/C14H22Br2O2Si/c1-14(2,3)19(4,5)18-7-6-17-13-9-11(15)8-12(16)10-13/h8-10H,6-7H2,1-5H3. The summed E-state index contributed by atoms with van der Waals surface area (Å²) in [5.74, 6) is 0.847. The fourth-order valence-corrected chi connectivity index (χ4v) is 3.56. The van der Waals surface area contributed by atoms with E-state index in [1.807, 2.05) is 18.2 Å². The predicted molar refractivity (Wildman–Crippen MR) is 90.5 cm³/mol. The fraction of sp³-hybridized carbons (Fsp3) is 0.571. The van der Waals surface area contributed by atoms with Crippen molar-refractivity contribution >= 4 is 40.2 Å². The number of halogens is 2. The predicted octanol–water partition coefficient (Wildman–Crippen LogP) is 5.61. The Balaban J connectivity index is 2.43. The second-order valence-electron chi connectivity index (χ2n) is 6.06. The third-order valence-electron chi connectivity index (χ3n) is 3.46. The minimum atomic E-state index is -1.66. The van der Waals surface area contributed by atoms with E-state index in [0.29, 0.717) is 13.2 Å². The Labute approximate surface area is 134 Å². The van der Waals surface area contributed by atoms with Crippen LogP contribution in [0.3, 0.4) is 0 Å². The molecule has 0 amide bonds. The van der Waals surface area contributed by atoms with Crippen molar-refractivity contribution in [2.24, 2.45) is 0 Å². The Bertz CT molecular complexity index is 408. The van der Waals surface area contributed by atoms with E-state index >= 15 is 0 Å². The average molecular weight is 410 g/mol. The first kappa shape index (κ1) is 17.2. The lowest BCUT2D eigenvalue weighted by molar-refractivity contribution is 0.203. The van der Waals surface area contributed by atoms with E-state index in [9.17, 15) is 0 Å². The van der Waals surface area contributed by atoms with Crippen molar-refractivity contribution in [3.05, 3.63) is 27.1 Å². The summed E-state index contributed by atoms with van der Waals surface area (Å²) < 4.78 is 13.8. The van der Waals surface area contributed by atoms with Crippen LogP contribution in [0.1, 0.15) is 20.8 Å². The highest BCUT2D eigenvalue weighted by atomic mass is 79.9. The van der Waals surface area contributed by atoms with E-state index in [-0.39, 0.29) is 5.04 Å². The van der Waals surface area contributed by atoms with Crippen LogP contribution in [0.5, 0.6) is 5.75 Å². The summed E-state index contributed by atoms with van der Waals surface area (Å²) in [4.78, 5) is 0. The molecule has 2 nitrogen and oxygen atoms in total. The summed E-state index contributed by atoms with van der Waals surface area (Å²) in [7, 11) is -1.66.